The van der Waals surface area contributed by atoms with Gasteiger partial charge in [0.15, 0.2) is 0 Å². The maximum Gasteiger partial charge on any atom is 0.270 e. The molecular weight excluding hydrogens is 290 g/mol. The molecule has 0 bridgehead atoms. The van der Waals surface area contributed by atoms with E-state index in [0.717, 1.165) is 12.1 Å². The van der Waals surface area contributed by atoms with Crippen LogP contribution in [-0.2, 0) is 0 Å². The standard InChI is InChI=1S/C17H19N5O/c1-4-11(2)19-17(23)15-9-16(21-12(3)20-15)22-14-7-5-13(10-18)6-8-14/h5-9,11H,4H2,1-3H3,(H,19,23)(H,20,21,22). The van der Waals surface area contributed by atoms with Crippen molar-refractivity contribution < 1.29 is 4.79 Å². The van der Waals surface area contributed by atoms with Crippen molar-refractivity contribution in [2.45, 2.75) is 33.2 Å². The quantitative estimate of drug-likeness (QED) is 0.886. The van der Waals surface area contributed by atoms with Crippen molar-refractivity contribution >= 4 is 17.4 Å². The first kappa shape index (κ1) is 16.4. The summed E-state index contributed by atoms with van der Waals surface area (Å²) in [5.74, 6) is 0.835. The lowest BCUT2D eigenvalue weighted by Gasteiger charge is -2.12. The van der Waals surface area contributed by atoms with Crippen LogP contribution < -0.4 is 10.6 Å². The Balaban J connectivity index is 2.19. The van der Waals surface area contributed by atoms with Gasteiger partial charge in [0.25, 0.3) is 5.91 Å². The van der Waals surface area contributed by atoms with Crippen molar-refractivity contribution in [3.8, 4) is 6.07 Å². The summed E-state index contributed by atoms with van der Waals surface area (Å²) >= 11 is 0. The molecule has 0 aliphatic heterocycles. The van der Waals surface area contributed by atoms with Crippen molar-refractivity contribution in [3.05, 3.63) is 47.4 Å². The number of aromatic nitrogens is 2. The fraction of sp³-hybridized carbons (Fsp3) is 0.294. The Morgan fingerprint density at radius 2 is 2.00 bits per heavy atom. The van der Waals surface area contributed by atoms with E-state index >= 15 is 0 Å². The Bertz CT molecular complexity index is 734. The Kier molecular flexibility index (Phi) is 5.26. The maximum atomic E-state index is 12.2. The predicted molar refractivity (Wildman–Crippen MR) is 88.4 cm³/mol. The van der Waals surface area contributed by atoms with Gasteiger partial charge < -0.3 is 10.6 Å². The van der Waals surface area contributed by atoms with Gasteiger partial charge in [-0.2, -0.15) is 5.26 Å². The van der Waals surface area contributed by atoms with Crippen molar-refractivity contribution in [2.24, 2.45) is 0 Å². The monoisotopic (exact) mass is 309 g/mol. The number of benzene rings is 1. The second-order valence-electron chi connectivity index (χ2n) is 5.28. The van der Waals surface area contributed by atoms with Gasteiger partial charge in [0.05, 0.1) is 11.6 Å². The summed E-state index contributed by atoms with van der Waals surface area (Å²) in [4.78, 5) is 20.7. The lowest BCUT2D eigenvalue weighted by Crippen LogP contribution is -2.32. The maximum absolute atomic E-state index is 12.2. The van der Waals surface area contributed by atoms with E-state index in [-0.39, 0.29) is 11.9 Å². The Labute approximate surface area is 135 Å². The molecule has 1 unspecified atom stereocenters. The van der Waals surface area contributed by atoms with E-state index in [0.29, 0.717) is 22.9 Å². The lowest BCUT2D eigenvalue weighted by atomic mass is 10.2. The summed E-state index contributed by atoms with van der Waals surface area (Å²) in [5, 5.41) is 14.8. The van der Waals surface area contributed by atoms with Gasteiger partial charge in [0.2, 0.25) is 0 Å². The second-order valence-corrected chi connectivity index (χ2v) is 5.28. The molecule has 1 aromatic heterocycles. The van der Waals surface area contributed by atoms with Crippen LogP contribution in [0.1, 0.15) is 42.1 Å². The molecule has 1 aromatic carbocycles. The molecule has 0 fully saturated rings. The van der Waals surface area contributed by atoms with Crippen LogP contribution in [-0.4, -0.2) is 21.9 Å². The summed E-state index contributed by atoms with van der Waals surface area (Å²) in [7, 11) is 0. The molecule has 23 heavy (non-hydrogen) atoms. The van der Waals surface area contributed by atoms with Crippen LogP contribution in [0.4, 0.5) is 11.5 Å². The van der Waals surface area contributed by atoms with Crippen LogP contribution in [0.3, 0.4) is 0 Å². The zero-order valence-electron chi connectivity index (χ0n) is 13.4. The molecule has 6 nitrogen and oxygen atoms in total. The van der Waals surface area contributed by atoms with Crippen LogP contribution in [0, 0.1) is 18.3 Å². The lowest BCUT2D eigenvalue weighted by molar-refractivity contribution is 0.0934. The first-order valence-corrected chi connectivity index (χ1v) is 7.45. The molecule has 0 aliphatic rings. The fourth-order valence-electron chi connectivity index (χ4n) is 1.92. The largest absolute Gasteiger partial charge is 0.348 e. The van der Waals surface area contributed by atoms with E-state index < -0.39 is 0 Å². The molecule has 2 rings (SSSR count). The third-order valence-corrected chi connectivity index (χ3v) is 3.35. The molecule has 0 saturated heterocycles. The highest BCUT2D eigenvalue weighted by molar-refractivity contribution is 5.93. The van der Waals surface area contributed by atoms with Gasteiger partial charge in [0.1, 0.15) is 17.3 Å². The van der Waals surface area contributed by atoms with Gasteiger partial charge in [-0.15, -0.1) is 0 Å². The molecule has 0 spiro atoms. The van der Waals surface area contributed by atoms with Crippen LogP contribution >= 0.6 is 0 Å². The number of amides is 1. The molecule has 0 saturated carbocycles. The van der Waals surface area contributed by atoms with E-state index in [2.05, 4.69) is 26.7 Å². The minimum Gasteiger partial charge on any atom is -0.348 e. The van der Waals surface area contributed by atoms with Gasteiger partial charge in [0, 0.05) is 17.8 Å². The van der Waals surface area contributed by atoms with Gasteiger partial charge in [-0.25, -0.2) is 9.97 Å². The average Bonchev–Trinajstić information content (AvgIpc) is 2.54. The highest BCUT2D eigenvalue weighted by Crippen LogP contribution is 2.16. The van der Waals surface area contributed by atoms with Gasteiger partial charge in [-0.1, -0.05) is 6.92 Å². The fourth-order valence-corrected chi connectivity index (χ4v) is 1.92. The topological polar surface area (TPSA) is 90.7 Å². The summed E-state index contributed by atoms with van der Waals surface area (Å²) in [5.41, 5.74) is 1.70. The van der Waals surface area contributed by atoms with E-state index in [9.17, 15) is 4.79 Å². The van der Waals surface area contributed by atoms with Crippen LogP contribution in [0.15, 0.2) is 30.3 Å². The number of hydrogen-bond acceptors (Lipinski definition) is 5. The molecule has 1 atom stereocenters. The second kappa shape index (κ2) is 7.36. The van der Waals surface area contributed by atoms with Crippen molar-refractivity contribution in [1.82, 2.24) is 15.3 Å². The SMILES string of the molecule is CCC(C)NC(=O)c1cc(Nc2ccc(C#N)cc2)nc(C)n1. The molecule has 2 aromatic rings. The molecule has 118 valence electrons. The number of anilines is 2. The third kappa shape index (κ3) is 4.51. The number of nitriles is 1. The molecule has 1 amide bonds. The summed E-state index contributed by atoms with van der Waals surface area (Å²) in [6.07, 6.45) is 0.853. The zero-order valence-corrected chi connectivity index (χ0v) is 13.4. The number of nitrogens with zero attached hydrogens (tertiary/aromatic N) is 3. The first-order valence-electron chi connectivity index (χ1n) is 7.45. The number of hydrogen-bond donors (Lipinski definition) is 2. The summed E-state index contributed by atoms with van der Waals surface area (Å²) < 4.78 is 0. The Morgan fingerprint density at radius 3 is 2.61 bits per heavy atom. The number of rotatable bonds is 5. The summed E-state index contributed by atoms with van der Waals surface area (Å²) in [6.45, 7) is 5.69. The smallest absolute Gasteiger partial charge is 0.270 e. The third-order valence-electron chi connectivity index (χ3n) is 3.35. The van der Waals surface area contributed by atoms with Crippen molar-refractivity contribution in [1.29, 1.82) is 5.26 Å². The van der Waals surface area contributed by atoms with Gasteiger partial charge >= 0.3 is 0 Å². The average molecular weight is 309 g/mol. The predicted octanol–water partition coefficient (Wildman–Crippen LogP) is 2.93. The van der Waals surface area contributed by atoms with E-state index in [1.165, 1.54) is 0 Å². The highest BCUT2D eigenvalue weighted by Gasteiger charge is 2.12. The molecule has 2 N–H and O–H groups in total. The summed E-state index contributed by atoms with van der Waals surface area (Å²) in [6, 6.07) is 10.8. The molecule has 6 heteroatoms. The van der Waals surface area contributed by atoms with Crippen LogP contribution in [0.2, 0.25) is 0 Å². The molecule has 0 radical (unpaired) electrons. The van der Waals surface area contributed by atoms with E-state index in [4.69, 9.17) is 5.26 Å². The number of carbonyl (C=O) groups excluding carboxylic acids is 1. The minimum absolute atomic E-state index is 0.0905. The highest BCUT2D eigenvalue weighted by atomic mass is 16.1. The Morgan fingerprint density at radius 1 is 1.30 bits per heavy atom. The van der Waals surface area contributed by atoms with Gasteiger partial charge in [-0.3, -0.25) is 4.79 Å². The van der Waals surface area contributed by atoms with Crippen molar-refractivity contribution in [3.63, 3.8) is 0 Å². The molecular formula is C17H19N5O. The number of nitrogens with one attached hydrogen (secondary N) is 2. The molecule has 1 heterocycles. The normalized spacial score (nSPS) is 11.4. The Hall–Kier alpha value is -2.94. The number of aryl methyl sites for hydroxylation is 1. The van der Waals surface area contributed by atoms with Crippen LogP contribution in [0.25, 0.3) is 0 Å². The van der Waals surface area contributed by atoms with Gasteiger partial charge in [-0.05, 0) is 44.5 Å². The van der Waals surface area contributed by atoms with E-state index in [1.54, 1.807) is 37.3 Å². The van der Waals surface area contributed by atoms with E-state index in [1.807, 2.05) is 13.8 Å². The zero-order chi connectivity index (χ0) is 16.8. The van der Waals surface area contributed by atoms with Crippen molar-refractivity contribution in [2.75, 3.05) is 5.32 Å². The number of carbonyl (C=O) groups is 1. The minimum atomic E-state index is -0.215. The molecule has 0 aliphatic carbocycles. The first-order chi connectivity index (χ1) is 11.0. The van der Waals surface area contributed by atoms with Crippen LogP contribution in [0.5, 0.6) is 0 Å².